The molecule has 0 radical (unpaired) electrons. The Labute approximate surface area is 131 Å². The minimum atomic E-state index is -0.413. The van der Waals surface area contributed by atoms with E-state index in [4.69, 9.17) is 15.2 Å². The highest BCUT2D eigenvalue weighted by atomic mass is 16.5. The summed E-state index contributed by atoms with van der Waals surface area (Å²) in [7, 11) is 0. The first-order valence-electron chi connectivity index (χ1n) is 8.09. The standard InChI is InChI=1S/C17H24N2O3/c18-17(20)14-4-6-15(7-5-14)21-10-1-8-19-9-11-22-16(12-19)13-2-3-13/h4-7,13,16H,1-3,8-12H2,(H2,18,20). The lowest BCUT2D eigenvalue weighted by atomic mass is 10.2. The molecule has 22 heavy (non-hydrogen) atoms. The second kappa shape index (κ2) is 7.11. The predicted molar refractivity (Wildman–Crippen MR) is 84.0 cm³/mol. The zero-order chi connectivity index (χ0) is 15.4. The van der Waals surface area contributed by atoms with Crippen molar-refractivity contribution in [1.29, 1.82) is 0 Å². The van der Waals surface area contributed by atoms with E-state index in [1.807, 2.05) is 0 Å². The number of carbonyl (C=O) groups excluding carboxylic acids is 1. The molecule has 0 aromatic heterocycles. The summed E-state index contributed by atoms with van der Waals surface area (Å²) in [5.41, 5.74) is 5.72. The van der Waals surface area contributed by atoms with Crippen molar-refractivity contribution in [2.75, 3.05) is 32.8 Å². The molecule has 1 aliphatic carbocycles. The van der Waals surface area contributed by atoms with E-state index >= 15 is 0 Å². The van der Waals surface area contributed by atoms with E-state index in [2.05, 4.69) is 4.90 Å². The molecule has 1 aromatic carbocycles. The van der Waals surface area contributed by atoms with Crippen LogP contribution in [-0.2, 0) is 4.74 Å². The van der Waals surface area contributed by atoms with Gasteiger partial charge in [-0.25, -0.2) is 0 Å². The molecule has 1 amide bonds. The third-order valence-electron chi connectivity index (χ3n) is 4.35. The fourth-order valence-corrected chi connectivity index (χ4v) is 2.88. The highest BCUT2D eigenvalue weighted by molar-refractivity contribution is 5.92. The Bertz CT molecular complexity index is 499. The number of rotatable bonds is 7. The zero-order valence-corrected chi connectivity index (χ0v) is 12.9. The second-order valence-electron chi connectivity index (χ2n) is 6.14. The Morgan fingerprint density at radius 2 is 2.09 bits per heavy atom. The molecular weight excluding hydrogens is 280 g/mol. The van der Waals surface area contributed by atoms with Crippen LogP contribution in [0.15, 0.2) is 24.3 Å². The summed E-state index contributed by atoms with van der Waals surface area (Å²) in [6, 6.07) is 6.97. The quantitative estimate of drug-likeness (QED) is 0.778. The summed E-state index contributed by atoms with van der Waals surface area (Å²) in [6.07, 6.45) is 4.12. The molecule has 0 bridgehead atoms. The maximum absolute atomic E-state index is 11.0. The fourth-order valence-electron chi connectivity index (χ4n) is 2.88. The van der Waals surface area contributed by atoms with Crippen molar-refractivity contribution in [2.45, 2.75) is 25.4 Å². The van der Waals surface area contributed by atoms with Crippen LogP contribution in [0.2, 0.25) is 0 Å². The molecule has 1 heterocycles. The SMILES string of the molecule is NC(=O)c1ccc(OCCCN2CCOC(C3CC3)C2)cc1. The maximum Gasteiger partial charge on any atom is 0.248 e. The largest absolute Gasteiger partial charge is 0.494 e. The second-order valence-corrected chi connectivity index (χ2v) is 6.14. The number of nitrogens with two attached hydrogens (primary N) is 1. The molecule has 5 nitrogen and oxygen atoms in total. The van der Waals surface area contributed by atoms with Crippen molar-refractivity contribution < 1.29 is 14.3 Å². The number of benzene rings is 1. The van der Waals surface area contributed by atoms with Gasteiger partial charge in [-0.2, -0.15) is 0 Å². The number of morpholine rings is 1. The van der Waals surface area contributed by atoms with Gasteiger partial charge in [0.25, 0.3) is 0 Å². The van der Waals surface area contributed by atoms with Gasteiger partial charge >= 0.3 is 0 Å². The molecular formula is C17H24N2O3. The van der Waals surface area contributed by atoms with Crippen molar-refractivity contribution in [3.8, 4) is 5.75 Å². The summed E-state index contributed by atoms with van der Waals surface area (Å²) in [4.78, 5) is 13.5. The smallest absolute Gasteiger partial charge is 0.248 e. The Kier molecular flexibility index (Phi) is 4.95. The van der Waals surface area contributed by atoms with E-state index in [9.17, 15) is 4.79 Å². The molecule has 1 unspecified atom stereocenters. The van der Waals surface area contributed by atoms with Gasteiger partial charge in [-0.3, -0.25) is 9.69 Å². The van der Waals surface area contributed by atoms with Crippen LogP contribution in [0.1, 0.15) is 29.6 Å². The molecule has 120 valence electrons. The van der Waals surface area contributed by atoms with Gasteiger partial charge in [0, 0.05) is 25.2 Å². The average molecular weight is 304 g/mol. The fraction of sp³-hybridized carbons (Fsp3) is 0.588. The van der Waals surface area contributed by atoms with Gasteiger partial charge in [0.2, 0.25) is 5.91 Å². The van der Waals surface area contributed by atoms with Gasteiger partial charge < -0.3 is 15.2 Å². The highest BCUT2D eigenvalue weighted by Gasteiger charge is 2.34. The van der Waals surface area contributed by atoms with Gasteiger partial charge in [-0.05, 0) is 49.4 Å². The van der Waals surface area contributed by atoms with E-state index in [0.29, 0.717) is 18.3 Å². The number of amides is 1. The van der Waals surface area contributed by atoms with E-state index in [-0.39, 0.29) is 0 Å². The minimum absolute atomic E-state index is 0.413. The van der Waals surface area contributed by atoms with Crippen LogP contribution in [0.25, 0.3) is 0 Å². The third kappa shape index (κ3) is 4.21. The van der Waals surface area contributed by atoms with E-state index in [1.54, 1.807) is 24.3 Å². The molecule has 2 fully saturated rings. The van der Waals surface area contributed by atoms with Gasteiger partial charge in [-0.15, -0.1) is 0 Å². The molecule has 3 rings (SSSR count). The monoisotopic (exact) mass is 304 g/mol. The molecule has 1 saturated carbocycles. The van der Waals surface area contributed by atoms with Gasteiger partial charge in [0.05, 0.1) is 19.3 Å². The van der Waals surface area contributed by atoms with E-state index in [0.717, 1.165) is 44.3 Å². The third-order valence-corrected chi connectivity index (χ3v) is 4.35. The number of ether oxygens (including phenoxy) is 2. The van der Waals surface area contributed by atoms with Gasteiger partial charge in [-0.1, -0.05) is 0 Å². The lowest BCUT2D eigenvalue weighted by Crippen LogP contribution is -2.43. The number of hydrogen-bond acceptors (Lipinski definition) is 4. The predicted octanol–water partition coefficient (Wildman–Crippen LogP) is 1.67. The lowest BCUT2D eigenvalue weighted by Gasteiger charge is -2.33. The first-order valence-corrected chi connectivity index (χ1v) is 8.09. The molecule has 1 aromatic rings. The van der Waals surface area contributed by atoms with Crippen LogP contribution < -0.4 is 10.5 Å². The number of hydrogen-bond donors (Lipinski definition) is 1. The Hall–Kier alpha value is -1.59. The Balaban J connectivity index is 1.35. The average Bonchev–Trinajstić information content (AvgIpc) is 3.37. The van der Waals surface area contributed by atoms with Crippen molar-refractivity contribution in [3.05, 3.63) is 29.8 Å². The first-order chi connectivity index (χ1) is 10.7. The number of carbonyl (C=O) groups is 1. The van der Waals surface area contributed by atoms with Crippen LogP contribution in [0, 0.1) is 5.92 Å². The molecule has 0 spiro atoms. The van der Waals surface area contributed by atoms with Crippen molar-refractivity contribution in [1.82, 2.24) is 4.90 Å². The molecule has 1 aliphatic heterocycles. The van der Waals surface area contributed by atoms with Crippen molar-refractivity contribution >= 4 is 5.91 Å². The first kappa shape index (κ1) is 15.3. The molecule has 5 heteroatoms. The van der Waals surface area contributed by atoms with Crippen molar-refractivity contribution in [2.24, 2.45) is 11.7 Å². The maximum atomic E-state index is 11.0. The Morgan fingerprint density at radius 1 is 1.32 bits per heavy atom. The summed E-state index contributed by atoms with van der Waals surface area (Å²) < 4.78 is 11.5. The lowest BCUT2D eigenvalue weighted by molar-refractivity contribution is -0.0399. The van der Waals surface area contributed by atoms with Crippen molar-refractivity contribution in [3.63, 3.8) is 0 Å². The van der Waals surface area contributed by atoms with Gasteiger partial charge in [0.1, 0.15) is 5.75 Å². The minimum Gasteiger partial charge on any atom is -0.494 e. The molecule has 2 N–H and O–H groups in total. The summed E-state index contributed by atoms with van der Waals surface area (Å²) >= 11 is 0. The number of primary amides is 1. The van der Waals surface area contributed by atoms with Crippen LogP contribution in [-0.4, -0.2) is 49.8 Å². The zero-order valence-electron chi connectivity index (χ0n) is 12.9. The van der Waals surface area contributed by atoms with Crippen LogP contribution >= 0.6 is 0 Å². The van der Waals surface area contributed by atoms with E-state index in [1.165, 1.54) is 12.8 Å². The Morgan fingerprint density at radius 3 is 2.77 bits per heavy atom. The van der Waals surface area contributed by atoms with Crippen LogP contribution in [0.3, 0.4) is 0 Å². The number of nitrogens with zero attached hydrogens (tertiary/aromatic N) is 1. The summed E-state index contributed by atoms with van der Waals surface area (Å²) in [5, 5.41) is 0. The summed E-state index contributed by atoms with van der Waals surface area (Å²) in [6.45, 7) is 4.68. The highest BCUT2D eigenvalue weighted by Crippen LogP contribution is 2.35. The molecule has 1 atom stereocenters. The normalized spacial score (nSPS) is 22.5. The molecule has 1 saturated heterocycles. The molecule has 2 aliphatic rings. The summed E-state index contributed by atoms with van der Waals surface area (Å²) in [5.74, 6) is 1.18. The van der Waals surface area contributed by atoms with E-state index < -0.39 is 5.91 Å². The topological polar surface area (TPSA) is 64.8 Å². The van der Waals surface area contributed by atoms with Crippen LogP contribution in [0.4, 0.5) is 0 Å². The van der Waals surface area contributed by atoms with Crippen LogP contribution in [0.5, 0.6) is 5.75 Å². The van der Waals surface area contributed by atoms with Gasteiger partial charge in [0.15, 0.2) is 0 Å².